The Labute approximate surface area is 148 Å². The van der Waals surface area contributed by atoms with Gasteiger partial charge in [0, 0.05) is 12.1 Å². The van der Waals surface area contributed by atoms with Crippen LogP contribution >= 0.6 is 0 Å². The van der Waals surface area contributed by atoms with Crippen LogP contribution in [0.1, 0.15) is 20.9 Å². The summed E-state index contributed by atoms with van der Waals surface area (Å²) in [6, 6.07) is 5.74. The van der Waals surface area contributed by atoms with E-state index in [0.29, 0.717) is 0 Å². The zero-order valence-electron chi connectivity index (χ0n) is 14.4. The number of hydrogen-bond acceptors (Lipinski definition) is 8. The van der Waals surface area contributed by atoms with Gasteiger partial charge in [-0.3, -0.25) is 4.79 Å². The standard InChI is InChI=1S/C17H17NO8/c1-22-13-7-10(17(21)26-9-15(19)24-3)11(8-14(13)23-2)18-16(20)12-5-4-6-25-12/h4-8H,9H2,1-3H3,(H,18,20). The van der Waals surface area contributed by atoms with Crippen molar-refractivity contribution in [1.82, 2.24) is 0 Å². The quantitative estimate of drug-likeness (QED) is 0.742. The average Bonchev–Trinajstić information content (AvgIpc) is 3.20. The van der Waals surface area contributed by atoms with Crippen LogP contribution in [0.2, 0.25) is 0 Å². The summed E-state index contributed by atoms with van der Waals surface area (Å²) in [4.78, 5) is 35.7. The lowest BCUT2D eigenvalue weighted by Crippen LogP contribution is -2.18. The number of nitrogens with one attached hydrogen (secondary N) is 1. The molecule has 0 aliphatic carbocycles. The highest BCUT2D eigenvalue weighted by atomic mass is 16.6. The van der Waals surface area contributed by atoms with Gasteiger partial charge in [0.05, 0.1) is 38.8 Å². The van der Waals surface area contributed by atoms with E-state index in [4.69, 9.17) is 18.6 Å². The number of amides is 1. The summed E-state index contributed by atoms with van der Waals surface area (Å²) >= 11 is 0. The molecule has 0 saturated heterocycles. The first kappa shape index (κ1) is 18.8. The zero-order valence-corrected chi connectivity index (χ0v) is 14.4. The van der Waals surface area contributed by atoms with E-state index in [9.17, 15) is 14.4 Å². The van der Waals surface area contributed by atoms with Crippen molar-refractivity contribution in [3.8, 4) is 11.5 Å². The molecule has 9 heteroatoms. The molecule has 0 atom stereocenters. The van der Waals surface area contributed by atoms with Gasteiger partial charge in [0.2, 0.25) is 0 Å². The van der Waals surface area contributed by atoms with Crippen molar-refractivity contribution in [3.05, 3.63) is 41.9 Å². The van der Waals surface area contributed by atoms with Crippen LogP contribution in [-0.4, -0.2) is 45.8 Å². The first-order valence-corrected chi connectivity index (χ1v) is 7.35. The maximum atomic E-state index is 12.3. The molecule has 0 spiro atoms. The summed E-state index contributed by atoms with van der Waals surface area (Å²) in [6.07, 6.45) is 1.34. The van der Waals surface area contributed by atoms with Crippen LogP contribution in [0, 0.1) is 0 Å². The molecule has 0 unspecified atom stereocenters. The lowest BCUT2D eigenvalue weighted by atomic mass is 10.1. The monoisotopic (exact) mass is 363 g/mol. The Morgan fingerprint density at radius 1 is 1.08 bits per heavy atom. The average molecular weight is 363 g/mol. The summed E-state index contributed by atoms with van der Waals surface area (Å²) in [5.41, 5.74) is 0.0605. The lowest BCUT2D eigenvalue weighted by Gasteiger charge is -2.14. The van der Waals surface area contributed by atoms with E-state index in [2.05, 4.69) is 10.1 Å². The molecule has 1 aromatic heterocycles. The number of methoxy groups -OCH3 is 3. The lowest BCUT2D eigenvalue weighted by molar-refractivity contribution is -0.144. The van der Waals surface area contributed by atoms with Crippen molar-refractivity contribution in [2.75, 3.05) is 33.3 Å². The second-order valence-corrected chi connectivity index (χ2v) is 4.84. The first-order valence-electron chi connectivity index (χ1n) is 7.35. The van der Waals surface area contributed by atoms with Crippen LogP contribution in [-0.2, 0) is 14.3 Å². The smallest absolute Gasteiger partial charge is 0.344 e. The summed E-state index contributed by atoms with van der Waals surface area (Å²) < 4.78 is 24.6. The number of carbonyl (C=O) groups is 3. The number of ether oxygens (including phenoxy) is 4. The van der Waals surface area contributed by atoms with E-state index < -0.39 is 24.5 Å². The van der Waals surface area contributed by atoms with E-state index in [-0.39, 0.29) is 28.5 Å². The van der Waals surface area contributed by atoms with Crippen molar-refractivity contribution >= 4 is 23.5 Å². The summed E-state index contributed by atoms with van der Waals surface area (Å²) in [5, 5.41) is 2.54. The van der Waals surface area contributed by atoms with Gasteiger partial charge < -0.3 is 28.7 Å². The van der Waals surface area contributed by atoms with Crippen LogP contribution in [0.25, 0.3) is 0 Å². The van der Waals surface area contributed by atoms with Gasteiger partial charge in [-0.05, 0) is 12.1 Å². The van der Waals surface area contributed by atoms with Crippen LogP contribution in [0.4, 0.5) is 5.69 Å². The molecule has 1 heterocycles. The SMILES string of the molecule is COC(=O)COC(=O)c1cc(OC)c(OC)cc1NC(=O)c1ccco1. The van der Waals surface area contributed by atoms with Crippen molar-refractivity contribution in [2.24, 2.45) is 0 Å². The van der Waals surface area contributed by atoms with E-state index in [0.717, 1.165) is 0 Å². The summed E-state index contributed by atoms with van der Waals surface area (Å²) in [6.45, 7) is -0.574. The molecule has 0 aliphatic heterocycles. The Hall–Kier alpha value is -3.49. The molecule has 2 aromatic rings. The van der Waals surface area contributed by atoms with Crippen molar-refractivity contribution in [3.63, 3.8) is 0 Å². The predicted molar refractivity (Wildman–Crippen MR) is 88.5 cm³/mol. The molecule has 0 saturated carbocycles. The van der Waals surface area contributed by atoms with Crippen LogP contribution in [0.5, 0.6) is 11.5 Å². The van der Waals surface area contributed by atoms with Gasteiger partial charge in [0.25, 0.3) is 5.91 Å². The van der Waals surface area contributed by atoms with Gasteiger partial charge in [-0.25, -0.2) is 9.59 Å². The Morgan fingerprint density at radius 3 is 2.35 bits per heavy atom. The molecule has 1 aromatic carbocycles. The molecular weight excluding hydrogens is 346 g/mol. The fourth-order valence-electron chi connectivity index (χ4n) is 2.00. The highest BCUT2D eigenvalue weighted by Crippen LogP contribution is 2.34. The number of carbonyl (C=O) groups excluding carboxylic acids is 3. The molecule has 9 nitrogen and oxygen atoms in total. The third-order valence-electron chi connectivity index (χ3n) is 3.29. The van der Waals surface area contributed by atoms with Crippen molar-refractivity contribution in [2.45, 2.75) is 0 Å². The summed E-state index contributed by atoms with van der Waals surface area (Å²) in [5.74, 6) is -1.58. The minimum absolute atomic E-state index is 0.0357. The van der Waals surface area contributed by atoms with E-state index >= 15 is 0 Å². The second kappa shape index (κ2) is 8.56. The fourth-order valence-corrected chi connectivity index (χ4v) is 2.00. The molecule has 138 valence electrons. The minimum Gasteiger partial charge on any atom is -0.493 e. The highest BCUT2D eigenvalue weighted by molar-refractivity contribution is 6.07. The number of furan rings is 1. The molecule has 0 aliphatic rings. The van der Waals surface area contributed by atoms with Gasteiger partial charge in [-0.2, -0.15) is 0 Å². The Balaban J connectivity index is 2.35. The Kier molecular flexibility index (Phi) is 6.20. The molecule has 26 heavy (non-hydrogen) atoms. The molecular formula is C17H17NO8. The van der Waals surface area contributed by atoms with Crippen molar-refractivity contribution in [1.29, 1.82) is 0 Å². The van der Waals surface area contributed by atoms with E-state index in [1.807, 2.05) is 0 Å². The fraction of sp³-hybridized carbons (Fsp3) is 0.235. The second-order valence-electron chi connectivity index (χ2n) is 4.84. The van der Waals surface area contributed by atoms with Gasteiger partial charge in [0.1, 0.15) is 0 Å². The van der Waals surface area contributed by atoms with Crippen molar-refractivity contribution < 1.29 is 37.7 Å². The third kappa shape index (κ3) is 4.32. The number of rotatable bonds is 7. The van der Waals surface area contributed by atoms with Gasteiger partial charge in [-0.15, -0.1) is 0 Å². The number of anilines is 1. The largest absolute Gasteiger partial charge is 0.493 e. The molecule has 0 bridgehead atoms. The van der Waals surface area contributed by atoms with Gasteiger partial charge in [-0.1, -0.05) is 0 Å². The maximum Gasteiger partial charge on any atom is 0.344 e. The minimum atomic E-state index is -0.855. The van der Waals surface area contributed by atoms with E-state index in [1.165, 1.54) is 45.8 Å². The first-order chi connectivity index (χ1) is 12.5. The highest BCUT2D eigenvalue weighted by Gasteiger charge is 2.21. The van der Waals surface area contributed by atoms with Gasteiger partial charge in [0.15, 0.2) is 23.9 Å². The summed E-state index contributed by atoms with van der Waals surface area (Å²) in [7, 11) is 3.97. The maximum absolute atomic E-state index is 12.3. The molecule has 2 rings (SSSR count). The predicted octanol–water partition coefficient (Wildman–Crippen LogP) is 1.88. The molecule has 0 radical (unpaired) electrons. The normalized spacial score (nSPS) is 9.96. The Morgan fingerprint density at radius 2 is 1.77 bits per heavy atom. The van der Waals surface area contributed by atoms with E-state index in [1.54, 1.807) is 6.07 Å². The van der Waals surface area contributed by atoms with Crippen LogP contribution < -0.4 is 14.8 Å². The van der Waals surface area contributed by atoms with Crippen LogP contribution in [0.3, 0.4) is 0 Å². The third-order valence-corrected chi connectivity index (χ3v) is 3.29. The van der Waals surface area contributed by atoms with Gasteiger partial charge >= 0.3 is 11.9 Å². The molecule has 1 N–H and O–H groups in total. The van der Waals surface area contributed by atoms with Crippen LogP contribution in [0.15, 0.2) is 34.9 Å². The number of benzene rings is 1. The number of hydrogen-bond donors (Lipinski definition) is 1. The number of esters is 2. The Bertz CT molecular complexity index is 797. The zero-order chi connectivity index (χ0) is 19.1. The molecule has 0 fully saturated rings. The molecule has 1 amide bonds. The topological polar surface area (TPSA) is 113 Å².